The van der Waals surface area contributed by atoms with Crippen molar-refractivity contribution in [3.8, 4) is 11.5 Å². The predicted octanol–water partition coefficient (Wildman–Crippen LogP) is 2.99. The Labute approximate surface area is 316 Å². The Morgan fingerprint density at radius 2 is 1.56 bits per heavy atom. The molecule has 18 nitrogen and oxygen atoms in total. The molecule has 4 atom stereocenters. The second kappa shape index (κ2) is 17.7. The molecule has 2 fully saturated rings. The minimum atomic E-state index is -5.20. The Bertz CT molecular complexity index is 1860. The number of carbonyl (C=O) groups is 5. The summed E-state index contributed by atoms with van der Waals surface area (Å²) in [4.78, 5) is 77.2. The minimum Gasteiger partial charge on any atom is -0.457 e. The molecule has 4 rings (SSSR count). The van der Waals surface area contributed by atoms with Crippen molar-refractivity contribution in [2.45, 2.75) is 82.2 Å². The van der Waals surface area contributed by atoms with Gasteiger partial charge in [0.2, 0.25) is 5.91 Å². The van der Waals surface area contributed by atoms with E-state index in [1.54, 1.807) is 13.8 Å². The van der Waals surface area contributed by atoms with Gasteiger partial charge in [0.15, 0.2) is 16.7 Å². The van der Waals surface area contributed by atoms with E-state index in [1.807, 2.05) is 0 Å². The number of benzene rings is 2. The monoisotopic (exact) mass is 796 g/mol. The number of nitrogens with one attached hydrogen (secondary N) is 1. The van der Waals surface area contributed by atoms with Crippen LogP contribution in [-0.4, -0.2) is 106 Å². The van der Waals surface area contributed by atoms with Crippen LogP contribution in [0.2, 0.25) is 0 Å². The largest absolute Gasteiger partial charge is 0.457 e. The Morgan fingerprint density at radius 1 is 1.00 bits per heavy atom. The molecule has 0 aliphatic carbocycles. The molecule has 0 bridgehead atoms. The number of ether oxygens (including phenoxy) is 4. The molecule has 296 valence electrons. The highest BCUT2D eigenvalue weighted by Gasteiger charge is 2.74. The number of hydrogen-bond acceptors (Lipinski definition) is 15. The van der Waals surface area contributed by atoms with Crippen LogP contribution in [0.3, 0.4) is 0 Å². The molecular formula is C34H44N4O14S2. The van der Waals surface area contributed by atoms with E-state index in [4.69, 9.17) is 18.9 Å². The maximum absolute atomic E-state index is 13.5. The molecule has 2 saturated heterocycles. The topological polar surface area (TPSA) is 238 Å². The van der Waals surface area contributed by atoms with E-state index >= 15 is 0 Å². The number of nitrogens with zero attached hydrogens (tertiary/aromatic N) is 3. The molecule has 0 radical (unpaired) electrons. The van der Waals surface area contributed by atoms with E-state index in [-0.39, 0.29) is 23.6 Å². The summed E-state index contributed by atoms with van der Waals surface area (Å²) in [5.74, 6) is -5.44. The molecular weight excluding hydrogens is 753 g/mol. The van der Waals surface area contributed by atoms with E-state index in [0.29, 0.717) is 5.56 Å². The number of rotatable bonds is 14. The van der Waals surface area contributed by atoms with Crippen molar-refractivity contribution in [1.82, 2.24) is 15.1 Å². The van der Waals surface area contributed by atoms with Crippen LogP contribution in [0.4, 0.5) is 5.69 Å². The van der Waals surface area contributed by atoms with Gasteiger partial charge < -0.3 is 29.2 Å². The molecule has 2 N–H and O–H groups in total. The highest BCUT2D eigenvalue weighted by atomic mass is 32.2. The molecule has 2 heterocycles. The first-order chi connectivity index (χ1) is 25.2. The van der Waals surface area contributed by atoms with E-state index in [9.17, 15) is 47.1 Å². The third-order valence-electron chi connectivity index (χ3n) is 8.66. The summed E-state index contributed by atoms with van der Waals surface area (Å²) in [5, 5.41) is 9.97. The fourth-order valence-corrected chi connectivity index (χ4v) is 8.51. The van der Waals surface area contributed by atoms with Crippen LogP contribution in [-0.2, 0) is 50.2 Å². The summed E-state index contributed by atoms with van der Waals surface area (Å²) in [6.07, 6.45) is 0. The standard InChI is InChI=1S/C28H29N3O14S2.C6H15N/c1-14(32)44-19-11-8-17(12-20(19)45-15(2)33)22(47(39,40)41)23(34)29-21-24(35)30-25(21)46-27(3,4)28(30,42-5)26(36)43-13-16-6-9-18(10-7-16)31(37)38;1-4-7(5-2)6-3/h6-12,21-22,25H,13H2,1-5H3,(H,29,34)(H,39,40,41);4-6H2,1-3H3/t21-,22?,25+,28+;/m0./s1. The molecule has 1 unspecified atom stereocenters. The molecule has 0 spiro atoms. The number of nitro benzene ring substituents is 1. The normalized spacial score (nSPS) is 20.4. The van der Waals surface area contributed by atoms with Gasteiger partial charge in [0, 0.05) is 33.1 Å². The summed E-state index contributed by atoms with van der Waals surface area (Å²) in [7, 11) is -4.01. The number of amides is 2. The average molecular weight is 797 g/mol. The summed E-state index contributed by atoms with van der Waals surface area (Å²) in [6.45, 7) is 15.1. The van der Waals surface area contributed by atoms with Crippen molar-refractivity contribution in [2.24, 2.45) is 0 Å². The number of methoxy groups -OCH3 is 1. The SMILES string of the molecule is CCN(CC)CC.CO[C@@]1(C(=O)OCc2ccc([N+](=O)[O-])cc2)N2C(=O)[C@H](NC(=O)C(c3ccc(OC(C)=O)c(OC(C)=O)c3)S(=O)(=O)O)[C@H]2SC1(C)C. The second-order valence-electron chi connectivity index (χ2n) is 12.5. The van der Waals surface area contributed by atoms with Crippen molar-refractivity contribution >= 4 is 57.3 Å². The Hall–Kier alpha value is -4.63. The van der Waals surface area contributed by atoms with Gasteiger partial charge in [-0.2, -0.15) is 8.42 Å². The zero-order valence-corrected chi connectivity index (χ0v) is 32.6. The Morgan fingerprint density at radius 3 is 2.02 bits per heavy atom. The zero-order valence-electron chi connectivity index (χ0n) is 31.0. The van der Waals surface area contributed by atoms with Crippen molar-refractivity contribution in [3.63, 3.8) is 0 Å². The lowest BCUT2D eigenvalue weighted by Crippen LogP contribution is -2.76. The van der Waals surface area contributed by atoms with Crippen LogP contribution < -0.4 is 14.8 Å². The highest BCUT2D eigenvalue weighted by molar-refractivity contribution is 8.01. The summed E-state index contributed by atoms with van der Waals surface area (Å²) in [6, 6.07) is 6.90. The summed E-state index contributed by atoms with van der Waals surface area (Å²) >= 11 is 1.06. The van der Waals surface area contributed by atoms with Gasteiger partial charge >= 0.3 is 17.9 Å². The minimum absolute atomic E-state index is 0.163. The van der Waals surface area contributed by atoms with Crippen LogP contribution in [0, 0.1) is 10.1 Å². The number of hydrogen-bond donors (Lipinski definition) is 2. The maximum atomic E-state index is 13.5. The first kappa shape index (κ1) is 43.8. The first-order valence-corrected chi connectivity index (χ1v) is 19.0. The smallest absolute Gasteiger partial charge is 0.361 e. The molecule has 54 heavy (non-hydrogen) atoms. The van der Waals surface area contributed by atoms with Crippen molar-refractivity contribution < 1.29 is 60.8 Å². The molecule has 2 aromatic rings. The van der Waals surface area contributed by atoms with Gasteiger partial charge in [-0.1, -0.05) is 26.8 Å². The quantitative estimate of drug-likeness (QED) is 0.0698. The fraction of sp³-hybridized carbons (Fsp3) is 0.500. The molecule has 0 saturated carbocycles. The van der Waals surface area contributed by atoms with Crippen LogP contribution in [0.25, 0.3) is 0 Å². The second-order valence-corrected chi connectivity index (χ2v) is 15.7. The molecule has 0 aromatic heterocycles. The number of non-ortho nitro benzene ring substituents is 1. The van der Waals surface area contributed by atoms with Crippen molar-refractivity contribution in [2.75, 3.05) is 26.7 Å². The van der Waals surface area contributed by atoms with Crippen LogP contribution in [0.1, 0.15) is 64.8 Å². The molecule has 20 heteroatoms. The van der Waals surface area contributed by atoms with Crippen LogP contribution in [0.15, 0.2) is 42.5 Å². The van der Waals surface area contributed by atoms with Crippen molar-refractivity contribution in [3.05, 3.63) is 63.7 Å². The lowest BCUT2D eigenvalue weighted by atomic mass is 9.91. The van der Waals surface area contributed by atoms with Gasteiger partial charge in [0.05, 0.1) is 9.67 Å². The third kappa shape index (κ3) is 9.35. The number of β-lactam (4-membered cyclic amide) rings is 1. The zero-order chi connectivity index (χ0) is 40.8. The molecule has 2 aliphatic rings. The van der Waals surface area contributed by atoms with Gasteiger partial charge in [0.25, 0.3) is 27.4 Å². The van der Waals surface area contributed by atoms with Gasteiger partial charge in [0.1, 0.15) is 18.0 Å². The third-order valence-corrected chi connectivity index (χ3v) is 11.3. The number of thioether (sulfide) groups is 1. The lowest BCUT2D eigenvalue weighted by molar-refractivity contribution is -0.384. The van der Waals surface area contributed by atoms with Crippen molar-refractivity contribution in [1.29, 1.82) is 0 Å². The first-order valence-electron chi connectivity index (χ1n) is 16.6. The summed E-state index contributed by atoms with van der Waals surface area (Å²) in [5.41, 5.74) is -2.12. The lowest BCUT2D eigenvalue weighted by Gasteiger charge is -2.49. The summed E-state index contributed by atoms with van der Waals surface area (Å²) < 4.78 is 54.7. The molecule has 2 amide bonds. The van der Waals surface area contributed by atoms with Gasteiger partial charge in [-0.3, -0.25) is 38.7 Å². The van der Waals surface area contributed by atoms with E-state index in [0.717, 1.165) is 48.7 Å². The molecule has 2 aliphatic heterocycles. The average Bonchev–Trinajstić information content (AvgIpc) is 3.31. The Kier molecular flexibility index (Phi) is 14.3. The number of esters is 3. The van der Waals surface area contributed by atoms with Crippen LogP contribution in [0.5, 0.6) is 11.5 Å². The van der Waals surface area contributed by atoms with Gasteiger partial charge in [-0.25, -0.2) is 4.79 Å². The van der Waals surface area contributed by atoms with E-state index in [1.165, 1.54) is 51.0 Å². The highest BCUT2D eigenvalue weighted by Crippen LogP contribution is 2.57. The Balaban J connectivity index is 0.00000102. The van der Waals surface area contributed by atoms with E-state index in [2.05, 4.69) is 31.0 Å². The maximum Gasteiger partial charge on any atom is 0.361 e. The fourth-order valence-electron chi connectivity index (χ4n) is 5.98. The predicted molar refractivity (Wildman–Crippen MR) is 194 cm³/mol. The molecule has 2 aromatic carbocycles. The van der Waals surface area contributed by atoms with Crippen LogP contribution >= 0.6 is 11.8 Å². The van der Waals surface area contributed by atoms with E-state index < -0.39 is 77.7 Å². The number of nitro groups is 1. The van der Waals surface area contributed by atoms with Gasteiger partial charge in [-0.05, 0) is 68.9 Å². The number of carbonyl (C=O) groups excluding carboxylic acids is 5. The number of fused-ring (bicyclic) bond motifs is 1. The van der Waals surface area contributed by atoms with Gasteiger partial charge in [-0.15, -0.1) is 11.8 Å².